The SMILES string of the molecule is CNC=O.CO/N=C(/C)c1cccc(C)c1CO/N=C(\C)c1cccc(F)n1. The summed E-state index contributed by atoms with van der Waals surface area (Å²) >= 11 is 0. The molecule has 150 valence electrons. The average molecular weight is 388 g/mol. The summed E-state index contributed by atoms with van der Waals surface area (Å²) in [6, 6.07) is 10.4. The number of halogens is 1. The second kappa shape index (κ2) is 12.2. The zero-order valence-electron chi connectivity index (χ0n) is 16.7. The summed E-state index contributed by atoms with van der Waals surface area (Å²) in [4.78, 5) is 23.1. The Morgan fingerprint density at radius 3 is 2.46 bits per heavy atom. The van der Waals surface area contributed by atoms with Gasteiger partial charge in [0.1, 0.15) is 19.4 Å². The van der Waals surface area contributed by atoms with E-state index in [0.717, 1.165) is 22.4 Å². The number of nitrogens with zero attached hydrogens (tertiary/aromatic N) is 3. The van der Waals surface area contributed by atoms with Crippen molar-refractivity contribution in [2.24, 2.45) is 10.3 Å². The third-order valence-corrected chi connectivity index (χ3v) is 3.64. The fraction of sp³-hybridized carbons (Fsp3) is 0.300. The molecule has 1 aromatic heterocycles. The summed E-state index contributed by atoms with van der Waals surface area (Å²) < 4.78 is 13.1. The third kappa shape index (κ3) is 7.14. The number of hydrogen-bond acceptors (Lipinski definition) is 6. The smallest absolute Gasteiger partial charge is 0.213 e. The van der Waals surface area contributed by atoms with E-state index in [1.165, 1.54) is 13.2 Å². The van der Waals surface area contributed by atoms with E-state index in [9.17, 15) is 4.39 Å². The van der Waals surface area contributed by atoms with Crippen molar-refractivity contribution in [3.05, 3.63) is 64.7 Å². The second-order valence-electron chi connectivity index (χ2n) is 5.66. The van der Waals surface area contributed by atoms with Crippen molar-refractivity contribution in [3.63, 3.8) is 0 Å². The molecule has 0 aliphatic rings. The van der Waals surface area contributed by atoms with Crippen LogP contribution in [0, 0.1) is 12.9 Å². The summed E-state index contributed by atoms with van der Waals surface area (Å²) in [5.41, 5.74) is 4.68. The zero-order chi connectivity index (χ0) is 20.9. The van der Waals surface area contributed by atoms with Gasteiger partial charge < -0.3 is 15.0 Å². The Morgan fingerprint density at radius 1 is 1.18 bits per heavy atom. The van der Waals surface area contributed by atoms with Crippen LogP contribution in [-0.4, -0.2) is 37.0 Å². The highest BCUT2D eigenvalue weighted by molar-refractivity contribution is 6.00. The van der Waals surface area contributed by atoms with Gasteiger partial charge in [0.25, 0.3) is 0 Å². The molecular formula is C20H25FN4O3. The minimum atomic E-state index is -0.547. The molecule has 8 heteroatoms. The molecule has 0 saturated carbocycles. The Balaban J connectivity index is 0.000000892. The fourth-order valence-electron chi connectivity index (χ4n) is 2.27. The molecular weight excluding hydrogens is 363 g/mol. The zero-order valence-corrected chi connectivity index (χ0v) is 16.7. The Labute approximate surface area is 164 Å². The molecule has 28 heavy (non-hydrogen) atoms. The van der Waals surface area contributed by atoms with Gasteiger partial charge in [-0.1, -0.05) is 34.6 Å². The number of rotatable bonds is 7. The van der Waals surface area contributed by atoms with Crippen molar-refractivity contribution in [2.75, 3.05) is 14.2 Å². The lowest BCUT2D eigenvalue weighted by Crippen LogP contribution is -2.06. The Bertz CT molecular complexity index is 838. The third-order valence-electron chi connectivity index (χ3n) is 3.64. The molecule has 0 aliphatic carbocycles. The van der Waals surface area contributed by atoms with Crippen LogP contribution < -0.4 is 5.32 Å². The number of carbonyl (C=O) groups excluding carboxylic acids is 1. The number of carbonyl (C=O) groups is 1. The molecule has 0 atom stereocenters. The van der Waals surface area contributed by atoms with E-state index in [2.05, 4.69) is 20.6 Å². The van der Waals surface area contributed by atoms with Gasteiger partial charge in [0.15, 0.2) is 0 Å². The van der Waals surface area contributed by atoms with Crippen molar-refractivity contribution in [1.82, 2.24) is 10.3 Å². The Hall–Kier alpha value is -3.29. The van der Waals surface area contributed by atoms with Crippen LogP contribution in [0.4, 0.5) is 4.39 Å². The highest BCUT2D eigenvalue weighted by atomic mass is 19.1. The van der Waals surface area contributed by atoms with Crippen LogP contribution >= 0.6 is 0 Å². The van der Waals surface area contributed by atoms with Gasteiger partial charge in [-0.15, -0.1) is 0 Å². The number of oxime groups is 2. The van der Waals surface area contributed by atoms with E-state index in [-0.39, 0.29) is 6.61 Å². The highest BCUT2D eigenvalue weighted by Crippen LogP contribution is 2.17. The number of hydrogen-bond donors (Lipinski definition) is 1. The van der Waals surface area contributed by atoms with Crippen molar-refractivity contribution in [2.45, 2.75) is 27.4 Å². The minimum absolute atomic E-state index is 0.269. The molecule has 2 rings (SSSR count). The van der Waals surface area contributed by atoms with Gasteiger partial charge in [0.2, 0.25) is 12.4 Å². The summed E-state index contributed by atoms with van der Waals surface area (Å²) in [5.74, 6) is -0.547. The number of pyridine rings is 1. The van der Waals surface area contributed by atoms with Gasteiger partial charge in [-0.2, -0.15) is 4.39 Å². The lowest BCUT2D eigenvalue weighted by Gasteiger charge is -2.11. The molecule has 0 saturated heterocycles. The molecule has 1 N–H and O–H groups in total. The Kier molecular flexibility index (Phi) is 9.88. The lowest BCUT2D eigenvalue weighted by atomic mass is 10.00. The van der Waals surface area contributed by atoms with Crippen LogP contribution in [-0.2, 0) is 21.1 Å². The average Bonchev–Trinajstić information content (AvgIpc) is 2.69. The summed E-state index contributed by atoms with van der Waals surface area (Å²) in [5, 5.41) is 10.3. The van der Waals surface area contributed by atoms with Gasteiger partial charge in [-0.25, -0.2) is 4.98 Å². The quantitative estimate of drug-likeness (QED) is 0.342. The van der Waals surface area contributed by atoms with E-state index in [0.29, 0.717) is 17.8 Å². The molecule has 7 nitrogen and oxygen atoms in total. The van der Waals surface area contributed by atoms with E-state index in [4.69, 9.17) is 14.5 Å². The summed E-state index contributed by atoms with van der Waals surface area (Å²) in [7, 11) is 3.07. The number of nitrogens with one attached hydrogen (secondary N) is 1. The number of aryl methyl sites for hydroxylation is 1. The lowest BCUT2D eigenvalue weighted by molar-refractivity contribution is -0.109. The molecule has 0 unspecified atom stereocenters. The monoisotopic (exact) mass is 388 g/mol. The first-order valence-corrected chi connectivity index (χ1v) is 8.51. The first-order chi connectivity index (χ1) is 13.4. The topological polar surface area (TPSA) is 85.2 Å². The molecule has 0 bridgehead atoms. The fourth-order valence-corrected chi connectivity index (χ4v) is 2.27. The maximum absolute atomic E-state index is 13.1. The number of amides is 1. The van der Waals surface area contributed by atoms with Crippen LogP contribution in [0.3, 0.4) is 0 Å². The van der Waals surface area contributed by atoms with Crippen LogP contribution in [0.15, 0.2) is 46.7 Å². The summed E-state index contributed by atoms with van der Waals surface area (Å²) in [6.07, 6.45) is 0.625. The standard InChI is InChI=1S/C18H20FN3O2.C2H5NO/c1-12-7-5-8-15(13(2)21-23-4)16(12)11-24-22-14(3)17-9-6-10-18(19)20-17;1-3-2-4/h5-10H,11H2,1-4H3;2H,1H3,(H,3,4)/b21-13-,22-14+;. The molecule has 1 aromatic carbocycles. The normalized spacial score (nSPS) is 11.2. The number of benzene rings is 1. The predicted octanol–water partition coefficient (Wildman–Crippen LogP) is 3.20. The molecule has 1 amide bonds. The Morgan fingerprint density at radius 2 is 1.86 bits per heavy atom. The molecule has 0 aliphatic heterocycles. The summed E-state index contributed by atoms with van der Waals surface area (Å²) in [6.45, 7) is 5.85. The van der Waals surface area contributed by atoms with Gasteiger partial charge in [-0.05, 0) is 38.5 Å². The molecule has 0 spiro atoms. The molecule has 0 radical (unpaired) electrons. The first kappa shape index (κ1) is 22.8. The van der Waals surface area contributed by atoms with Gasteiger partial charge >= 0.3 is 0 Å². The van der Waals surface area contributed by atoms with Crippen molar-refractivity contribution in [3.8, 4) is 0 Å². The van der Waals surface area contributed by atoms with Gasteiger partial charge in [0, 0.05) is 18.2 Å². The van der Waals surface area contributed by atoms with Crippen molar-refractivity contribution in [1.29, 1.82) is 0 Å². The second-order valence-corrected chi connectivity index (χ2v) is 5.66. The van der Waals surface area contributed by atoms with Gasteiger partial charge in [0.05, 0.1) is 11.4 Å². The van der Waals surface area contributed by atoms with Crippen molar-refractivity contribution < 1.29 is 18.9 Å². The molecule has 0 fully saturated rings. The van der Waals surface area contributed by atoms with Crippen LogP contribution in [0.25, 0.3) is 0 Å². The van der Waals surface area contributed by atoms with Crippen LogP contribution in [0.1, 0.15) is 36.2 Å². The van der Waals surface area contributed by atoms with E-state index in [1.54, 1.807) is 26.1 Å². The maximum atomic E-state index is 13.1. The minimum Gasteiger partial charge on any atom is -0.399 e. The van der Waals surface area contributed by atoms with E-state index < -0.39 is 5.95 Å². The van der Waals surface area contributed by atoms with E-state index >= 15 is 0 Å². The largest absolute Gasteiger partial charge is 0.399 e. The van der Waals surface area contributed by atoms with Crippen molar-refractivity contribution >= 4 is 17.8 Å². The van der Waals surface area contributed by atoms with Gasteiger partial charge in [-0.3, -0.25) is 4.79 Å². The van der Waals surface area contributed by atoms with Crippen LogP contribution in [0.2, 0.25) is 0 Å². The molecule has 2 aromatic rings. The predicted molar refractivity (Wildman–Crippen MR) is 107 cm³/mol. The maximum Gasteiger partial charge on any atom is 0.213 e. The van der Waals surface area contributed by atoms with E-state index in [1.807, 2.05) is 32.0 Å². The number of aromatic nitrogens is 1. The van der Waals surface area contributed by atoms with Crippen LogP contribution in [0.5, 0.6) is 0 Å². The first-order valence-electron chi connectivity index (χ1n) is 8.51. The highest BCUT2D eigenvalue weighted by Gasteiger charge is 2.10. The molecule has 1 heterocycles.